The number of carbonyl (C=O) groups excluding carboxylic acids is 1. The lowest BCUT2D eigenvalue weighted by Gasteiger charge is -2.30. The van der Waals surface area contributed by atoms with Crippen molar-refractivity contribution in [3.05, 3.63) is 47.0 Å². The summed E-state index contributed by atoms with van der Waals surface area (Å²) in [5, 5.41) is 12.5. The van der Waals surface area contributed by atoms with Gasteiger partial charge in [0, 0.05) is 29.5 Å². The lowest BCUT2D eigenvalue weighted by Crippen LogP contribution is -2.49. The Kier molecular flexibility index (Phi) is 5.39. The van der Waals surface area contributed by atoms with E-state index in [1.807, 2.05) is 23.6 Å². The number of hydrogen-bond acceptors (Lipinski definition) is 5. The summed E-state index contributed by atoms with van der Waals surface area (Å²) in [5.41, 5.74) is 1.49. The summed E-state index contributed by atoms with van der Waals surface area (Å²) < 4.78 is 0. The number of nitrogens with zero attached hydrogens (tertiary/aromatic N) is 1. The number of amides is 1. The van der Waals surface area contributed by atoms with Gasteiger partial charge in [0.25, 0.3) is 5.91 Å². The predicted octanol–water partition coefficient (Wildman–Crippen LogP) is 3.58. The summed E-state index contributed by atoms with van der Waals surface area (Å²) >= 11 is 1.49. The maximum Gasteiger partial charge on any atom is 0.270 e. The van der Waals surface area contributed by atoms with Crippen molar-refractivity contribution in [1.82, 2.24) is 15.6 Å². The first kappa shape index (κ1) is 17.9. The van der Waals surface area contributed by atoms with Gasteiger partial charge in [0.1, 0.15) is 5.69 Å². The Morgan fingerprint density at radius 2 is 2.04 bits per heavy atom. The monoisotopic (exact) mass is 358 g/mol. The van der Waals surface area contributed by atoms with Gasteiger partial charge in [-0.25, -0.2) is 4.98 Å². The van der Waals surface area contributed by atoms with E-state index >= 15 is 0 Å². The van der Waals surface area contributed by atoms with E-state index in [1.165, 1.54) is 29.7 Å². The molecule has 1 aromatic carbocycles. The first-order valence-electron chi connectivity index (χ1n) is 8.76. The van der Waals surface area contributed by atoms with Gasteiger partial charge >= 0.3 is 0 Å². The van der Waals surface area contributed by atoms with Crippen LogP contribution < -0.4 is 16.0 Å². The highest BCUT2D eigenvalue weighted by Crippen LogP contribution is 2.26. The van der Waals surface area contributed by atoms with E-state index in [1.54, 1.807) is 0 Å². The van der Waals surface area contributed by atoms with Crippen molar-refractivity contribution in [3.63, 3.8) is 0 Å². The molecule has 0 aliphatic heterocycles. The summed E-state index contributed by atoms with van der Waals surface area (Å²) in [5.74, 6) is -0.123. The lowest BCUT2D eigenvalue weighted by atomic mass is 10.0. The first-order valence-corrected chi connectivity index (χ1v) is 9.64. The zero-order valence-corrected chi connectivity index (χ0v) is 15.8. The number of thiazole rings is 1. The van der Waals surface area contributed by atoms with E-state index in [0.29, 0.717) is 18.3 Å². The second-order valence-corrected chi connectivity index (χ2v) is 8.16. The Hall–Kier alpha value is -1.92. The van der Waals surface area contributed by atoms with E-state index in [9.17, 15) is 4.79 Å². The van der Waals surface area contributed by atoms with Gasteiger partial charge in [-0.05, 0) is 39.2 Å². The summed E-state index contributed by atoms with van der Waals surface area (Å²) in [6, 6.07) is 11.1. The van der Waals surface area contributed by atoms with Crippen LogP contribution in [0.4, 0.5) is 5.13 Å². The molecule has 134 valence electrons. The SMILES string of the molecule is C[C@H](NC(C)(C)CNC(=O)c1csc(NC2CC2)n1)c1ccccc1. The molecule has 1 aromatic heterocycles. The van der Waals surface area contributed by atoms with Gasteiger partial charge in [-0.2, -0.15) is 0 Å². The third kappa shape index (κ3) is 5.28. The topological polar surface area (TPSA) is 66.0 Å². The van der Waals surface area contributed by atoms with Gasteiger partial charge in [0.15, 0.2) is 5.13 Å². The van der Waals surface area contributed by atoms with Crippen LogP contribution in [0.2, 0.25) is 0 Å². The van der Waals surface area contributed by atoms with Crippen molar-refractivity contribution in [3.8, 4) is 0 Å². The van der Waals surface area contributed by atoms with Crippen molar-refractivity contribution >= 4 is 22.4 Å². The molecule has 1 aliphatic rings. The largest absolute Gasteiger partial charge is 0.359 e. The van der Waals surface area contributed by atoms with Crippen LogP contribution in [0.3, 0.4) is 0 Å². The first-order chi connectivity index (χ1) is 11.9. The zero-order chi connectivity index (χ0) is 17.9. The molecule has 1 atom stereocenters. The van der Waals surface area contributed by atoms with Crippen LogP contribution in [-0.2, 0) is 0 Å². The number of anilines is 1. The molecule has 0 saturated heterocycles. The van der Waals surface area contributed by atoms with Gasteiger partial charge < -0.3 is 16.0 Å². The van der Waals surface area contributed by atoms with Gasteiger partial charge in [-0.15, -0.1) is 11.3 Å². The maximum atomic E-state index is 12.3. The third-order valence-electron chi connectivity index (χ3n) is 4.24. The zero-order valence-electron chi connectivity index (χ0n) is 15.0. The van der Waals surface area contributed by atoms with Crippen LogP contribution in [0.1, 0.15) is 55.7 Å². The van der Waals surface area contributed by atoms with E-state index < -0.39 is 0 Å². The predicted molar refractivity (Wildman–Crippen MR) is 103 cm³/mol. The number of hydrogen-bond donors (Lipinski definition) is 3. The minimum absolute atomic E-state index is 0.123. The maximum absolute atomic E-state index is 12.3. The van der Waals surface area contributed by atoms with E-state index in [2.05, 4.69) is 53.8 Å². The Labute approximate surface area is 153 Å². The molecule has 0 spiro atoms. The molecule has 1 heterocycles. The molecule has 0 radical (unpaired) electrons. The van der Waals surface area contributed by atoms with E-state index in [-0.39, 0.29) is 17.5 Å². The van der Waals surface area contributed by atoms with Crippen molar-refractivity contribution < 1.29 is 4.79 Å². The van der Waals surface area contributed by atoms with Crippen LogP contribution in [0.5, 0.6) is 0 Å². The molecule has 1 fully saturated rings. The second-order valence-electron chi connectivity index (χ2n) is 7.30. The fourth-order valence-corrected chi connectivity index (χ4v) is 3.47. The summed E-state index contributed by atoms with van der Waals surface area (Å²) in [4.78, 5) is 16.7. The highest BCUT2D eigenvalue weighted by atomic mass is 32.1. The third-order valence-corrected chi connectivity index (χ3v) is 5.01. The molecule has 2 aromatic rings. The minimum atomic E-state index is -0.226. The molecule has 1 aliphatic carbocycles. The van der Waals surface area contributed by atoms with Gasteiger partial charge in [0.05, 0.1) is 0 Å². The van der Waals surface area contributed by atoms with Crippen molar-refractivity contribution in [2.45, 2.75) is 51.2 Å². The summed E-state index contributed by atoms with van der Waals surface area (Å²) in [6.45, 7) is 6.85. The minimum Gasteiger partial charge on any atom is -0.359 e. The summed E-state index contributed by atoms with van der Waals surface area (Å²) in [6.07, 6.45) is 2.39. The van der Waals surface area contributed by atoms with Crippen molar-refractivity contribution in [1.29, 1.82) is 0 Å². The van der Waals surface area contributed by atoms with Crippen LogP contribution in [0.15, 0.2) is 35.7 Å². The number of benzene rings is 1. The fourth-order valence-electron chi connectivity index (χ4n) is 2.70. The Morgan fingerprint density at radius 1 is 1.32 bits per heavy atom. The standard InChI is InChI=1S/C19H26N4OS/c1-13(14-7-5-4-6-8-14)23-19(2,3)12-20-17(24)16-11-25-18(22-16)21-15-9-10-15/h4-8,11,13,15,23H,9-10,12H2,1-3H3,(H,20,24)(H,21,22)/t13-/m0/s1. The molecular formula is C19H26N4OS. The quantitative estimate of drug-likeness (QED) is 0.675. The van der Waals surface area contributed by atoms with Gasteiger partial charge in [-0.3, -0.25) is 4.79 Å². The summed E-state index contributed by atoms with van der Waals surface area (Å²) in [7, 11) is 0. The molecule has 0 bridgehead atoms. The number of nitrogens with one attached hydrogen (secondary N) is 3. The highest BCUT2D eigenvalue weighted by molar-refractivity contribution is 7.13. The fraction of sp³-hybridized carbons (Fsp3) is 0.474. The van der Waals surface area contributed by atoms with Crippen molar-refractivity contribution in [2.24, 2.45) is 0 Å². The molecule has 3 N–H and O–H groups in total. The number of rotatable bonds is 8. The molecule has 1 amide bonds. The van der Waals surface area contributed by atoms with E-state index in [4.69, 9.17) is 0 Å². The Balaban J connectivity index is 1.50. The van der Waals surface area contributed by atoms with Gasteiger partial charge in [0.2, 0.25) is 0 Å². The molecule has 5 nitrogen and oxygen atoms in total. The average molecular weight is 359 g/mol. The van der Waals surface area contributed by atoms with Crippen LogP contribution in [0, 0.1) is 0 Å². The number of aromatic nitrogens is 1. The van der Waals surface area contributed by atoms with Gasteiger partial charge in [-0.1, -0.05) is 30.3 Å². The Bertz CT molecular complexity index is 709. The lowest BCUT2D eigenvalue weighted by molar-refractivity contribution is 0.0936. The highest BCUT2D eigenvalue weighted by Gasteiger charge is 2.24. The molecule has 3 rings (SSSR count). The van der Waals surface area contributed by atoms with Crippen molar-refractivity contribution in [2.75, 3.05) is 11.9 Å². The van der Waals surface area contributed by atoms with Crippen LogP contribution in [-0.4, -0.2) is 29.0 Å². The molecule has 6 heteroatoms. The molecule has 1 saturated carbocycles. The number of carbonyl (C=O) groups is 1. The second kappa shape index (κ2) is 7.54. The molecular weight excluding hydrogens is 332 g/mol. The normalized spacial score (nSPS) is 15.6. The molecule has 0 unspecified atom stereocenters. The Morgan fingerprint density at radius 3 is 2.72 bits per heavy atom. The van der Waals surface area contributed by atoms with Crippen LogP contribution in [0.25, 0.3) is 0 Å². The molecule has 25 heavy (non-hydrogen) atoms. The van der Waals surface area contributed by atoms with E-state index in [0.717, 1.165) is 5.13 Å². The van der Waals surface area contributed by atoms with Crippen LogP contribution >= 0.6 is 11.3 Å². The average Bonchev–Trinajstić information content (AvgIpc) is 3.28. The smallest absolute Gasteiger partial charge is 0.270 e.